The molecule has 0 aliphatic rings. The average Bonchev–Trinajstić information content (AvgIpc) is 2.54. The Morgan fingerprint density at radius 2 is 1.92 bits per heavy atom. The SMILES string of the molecule is COc1nc(CNS(=O)(=O)c2cc(Cl)ccc2Cl)nc(N(C)C)n1. The topological polar surface area (TPSA) is 97.3 Å². The van der Waals surface area contributed by atoms with E-state index in [1.54, 1.807) is 19.0 Å². The van der Waals surface area contributed by atoms with Gasteiger partial charge in [0.05, 0.1) is 18.7 Å². The van der Waals surface area contributed by atoms with Gasteiger partial charge in [0, 0.05) is 19.1 Å². The third kappa shape index (κ3) is 4.44. The summed E-state index contributed by atoms with van der Waals surface area (Å²) in [6.07, 6.45) is 0. The largest absolute Gasteiger partial charge is 0.467 e. The van der Waals surface area contributed by atoms with Crippen LogP contribution in [-0.2, 0) is 16.6 Å². The third-order valence-corrected chi connectivity index (χ3v) is 4.95. The van der Waals surface area contributed by atoms with Crippen molar-refractivity contribution in [1.29, 1.82) is 0 Å². The van der Waals surface area contributed by atoms with Gasteiger partial charge in [-0.3, -0.25) is 0 Å². The number of hydrogen-bond donors (Lipinski definition) is 1. The first-order valence-electron chi connectivity index (χ1n) is 6.64. The molecule has 8 nitrogen and oxygen atoms in total. The van der Waals surface area contributed by atoms with Gasteiger partial charge in [0.2, 0.25) is 16.0 Å². The van der Waals surface area contributed by atoms with Crippen LogP contribution in [0, 0.1) is 0 Å². The van der Waals surface area contributed by atoms with Crippen LogP contribution in [0.1, 0.15) is 5.82 Å². The molecule has 0 fully saturated rings. The quantitative estimate of drug-likeness (QED) is 0.800. The average molecular weight is 392 g/mol. The van der Waals surface area contributed by atoms with Gasteiger partial charge in [0.15, 0.2) is 5.82 Å². The fourth-order valence-corrected chi connectivity index (χ4v) is 3.42. The Bertz CT molecular complexity index is 845. The Kier molecular flexibility index (Phi) is 5.81. The molecule has 0 amide bonds. The van der Waals surface area contributed by atoms with Crippen LogP contribution in [0.3, 0.4) is 0 Å². The van der Waals surface area contributed by atoms with Gasteiger partial charge >= 0.3 is 6.01 Å². The first kappa shape index (κ1) is 18.7. The molecule has 1 aromatic carbocycles. The van der Waals surface area contributed by atoms with Gasteiger partial charge < -0.3 is 9.64 Å². The number of halogens is 2. The van der Waals surface area contributed by atoms with E-state index in [1.165, 1.54) is 25.3 Å². The van der Waals surface area contributed by atoms with Crippen molar-refractivity contribution < 1.29 is 13.2 Å². The number of nitrogens with one attached hydrogen (secondary N) is 1. The van der Waals surface area contributed by atoms with E-state index in [9.17, 15) is 8.42 Å². The fraction of sp³-hybridized carbons (Fsp3) is 0.308. The number of sulfonamides is 1. The number of nitrogens with zero attached hydrogens (tertiary/aromatic N) is 4. The molecule has 0 atom stereocenters. The molecular weight excluding hydrogens is 377 g/mol. The van der Waals surface area contributed by atoms with Crippen LogP contribution in [0.25, 0.3) is 0 Å². The van der Waals surface area contributed by atoms with Crippen LogP contribution in [-0.4, -0.2) is 44.6 Å². The Hall–Kier alpha value is -1.68. The van der Waals surface area contributed by atoms with Crippen molar-refractivity contribution in [3.63, 3.8) is 0 Å². The first-order valence-corrected chi connectivity index (χ1v) is 8.88. The predicted molar refractivity (Wildman–Crippen MR) is 91.2 cm³/mol. The number of rotatable bonds is 6. The minimum absolute atomic E-state index is 0.0640. The number of ether oxygens (including phenoxy) is 1. The lowest BCUT2D eigenvalue weighted by Crippen LogP contribution is -2.25. The molecule has 0 spiro atoms. The van der Waals surface area contributed by atoms with E-state index in [-0.39, 0.29) is 33.3 Å². The standard InChI is InChI=1S/C13H15Cl2N5O3S/c1-20(2)12-17-11(18-13(19-12)23-3)7-16-24(21,22)10-6-8(14)4-5-9(10)15/h4-6,16H,7H2,1-3H3. The van der Waals surface area contributed by atoms with Gasteiger partial charge in [0.1, 0.15) is 4.90 Å². The highest BCUT2D eigenvalue weighted by Gasteiger charge is 2.19. The van der Waals surface area contributed by atoms with Crippen molar-refractivity contribution in [3.8, 4) is 6.01 Å². The Labute approximate surface area is 149 Å². The minimum atomic E-state index is -3.89. The number of aromatic nitrogens is 3. The maximum absolute atomic E-state index is 12.4. The van der Waals surface area contributed by atoms with E-state index in [4.69, 9.17) is 27.9 Å². The van der Waals surface area contributed by atoms with Crippen LogP contribution in [0.15, 0.2) is 23.1 Å². The molecule has 2 rings (SSSR count). The molecule has 0 radical (unpaired) electrons. The molecule has 0 saturated heterocycles. The highest BCUT2D eigenvalue weighted by atomic mass is 35.5. The lowest BCUT2D eigenvalue weighted by atomic mass is 10.4. The van der Waals surface area contributed by atoms with Crippen molar-refractivity contribution in [1.82, 2.24) is 19.7 Å². The van der Waals surface area contributed by atoms with E-state index in [0.29, 0.717) is 5.95 Å². The molecule has 0 saturated carbocycles. The smallest absolute Gasteiger partial charge is 0.321 e. The summed E-state index contributed by atoms with van der Waals surface area (Å²) in [5, 5.41) is 0.325. The van der Waals surface area contributed by atoms with Crippen molar-refractivity contribution in [3.05, 3.63) is 34.1 Å². The molecule has 1 aromatic heterocycles. The molecule has 130 valence electrons. The second-order valence-corrected chi connectivity index (χ2v) is 7.41. The van der Waals surface area contributed by atoms with Gasteiger partial charge in [-0.05, 0) is 18.2 Å². The summed E-state index contributed by atoms with van der Waals surface area (Å²) in [6.45, 7) is -0.162. The van der Waals surface area contributed by atoms with E-state index in [0.717, 1.165) is 0 Å². The predicted octanol–water partition coefficient (Wildman–Crippen LogP) is 1.73. The third-order valence-electron chi connectivity index (χ3n) is 2.84. The Morgan fingerprint density at radius 1 is 1.21 bits per heavy atom. The van der Waals surface area contributed by atoms with Crippen molar-refractivity contribution >= 4 is 39.2 Å². The summed E-state index contributed by atoms with van der Waals surface area (Å²) in [7, 11) is 1.01. The molecular formula is C13H15Cl2N5O3S. The van der Waals surface area contributed by atoms with Gasteiger partial charge in [-0.1, -0.05) is 23.2 Å². The zero-order valence-corrected chi connectivity index (χ0v) is 15.4. The fourth-order valence-electron chi connectivity index (χ4n) is 1.68. The lowest BCUT2D eigenvalue weighted by Gasteiger charge is -2.13. The Morgan fingerprint density at radius 3 is 2.54 bits per heavy atom. The van der Waals surface area contributed by atoms with Crippen LogP contribution in [0.2, 0.25) is 10.0 Å². The Balaban J connectivity index is 2.26. The summed E-state index contributed by atoms with van der Waals surface area (Å²) in [4.78, 5) is 13.7. The second-order valence-electron chi connectivity index (χ2n) is 4.83. The van der Waals surface area contributed by atoms with E-state index >= 15 is 0 Å². The van der Waals surface area contributed by atoms with E-state index in [2.05, 4.69) is 19.7 Å². The zero-order chi connectivity index (χ0) is 17.9. The van der Waals surface area contributed by atoms with Crippen molar-refractivity contribution in [2.45, 2.75) is 11.4 Å². The summed E-state index contributed by atoms with van der Waals surface area (Å²) in [6, 6.07) is 4.27. The molecule has 0 bridgehead atoms. The maximum atomic E-state index is 12.4. The van der Waals surface area contributed by atoms with Crippen LogP contribution >= 0.6 is 23.2 Å². The molecule has 11 heteroatoms. The monoisotopic (exact) mass is 391 g/mol. The molecule has 0 unspecified atom stereocenters. The lowest BCUT2D eigenvalue weighted by molar-refractivity contribution is 0.375. The van der Waals surface area contributed by atoms with Gasteiger partial charge in [-0.15, -0.1) is 0 Å². The second kappa shape index (κ2) is 7.47. The maximum Gasteiger partial charge on any atom is 0.321 e. The summed E-state index contributed by atoms with van der Waals surface area (Å²) < 4.78 is 32.1. The minimum Gasteiger partial charge on any atom is -0.467 e. The van der Waals surface area contributed by atoms with Crippen LogP contribution in [0.4, 0.5) is 5.95 Å². The van der Waals surface area contributed by atoms with E-state index in [1.807, 2.05) is 0 Å². The first-order chi connectivity index (χ1) is 11.2. The van der Waals surface area contributed by atoms with Gasteiger partial charge in [0.25, 0.3) is 0 Å². The van der Waals surface area contributed by atoms with E-state index < -0.39 is 10.0 Å². The molecule has 1 heterocycles. The van der Waals surface area contributed by atoms with Gasteiger partial charge in [-0.25, -0.2) is 13.1 Å². The summed E-state index contributed by atoms with van der Waals surface area (Å²) in [5.41, 5.74) is 0. The molecule has 1 N–H and O–H groups in total. The normalized spacial score (nSPS) is 11.4. The number of hydrogen-bond acceptors (Lipinski definition) is 7. The van der Waals surface area contributed by atoms with Crippen molar-refractivity contribution in [2.75, 3.05) is 26.1 Å². The van der Waals surface area contributed by atoms with Crippen LogP contribution < -0.4 is 14.4 Å². The highest BCUT2D eigenvalue weighted by Crippen LogP contribution is 2.25. The summed E-state index contributed by atoms with van der Waals surface area (Å²) in [5.74, 6) is 0.545. The highest BCUT2D eigenvalue weighted by molar-refractivity contribution is 7.89. The van der Waals surface area contributed by atoms with Crippen molar-refractivity contribution in [2.24, 2.45) is 0 Å². The van der Waals surface area contributed by atoms with Gasteiger partial charge in [-0.2, -0.15) is 15.0 Å². The number of methoxy groups -OCH3 is 1. The molecule has 0 aliphatic carbocycles. The summed E-state index contributed by atoms with van der Waals surface area (Å²) >= 11 is 11.8. The number of anilines is 1. The molecule has 24 heavy (non-hydrogen) atoms. The van der Waals surface area contributed by atoms with Crippen LogP contribution in [0.5, 0.6) is 6.01 Å². The molecule has 0 aliphatic heterocycles. The zero-order valence-electron chi connectivity index (χ0n) is 13.1. The molecule has 2 aromatic rings. The number of benzene rings is 1.